The first-order valence-electron chi connectivity index (χ1n) is 9.92. The minimum absolute atomic E-state index is 0.197. The third kappa shape index (κ3) is 4.27. The molecule has 1 atom stereocenters. The van der Waals surface area contributed by atoms with E-state index in [1.807, 2.05) is 24.3 Å². The number of amidine groups is 1. The Morgan fingerprint density at radius 2 is 2.03 bits per heavy atom. The van der Waals surface area contributed by atoms with Gasteiger partial charge in [-0.3, -0.25) is 14.7 Å². The van der Waals surface area contributed by atoms with Crippen molar-refractivity contribution in [2.24, 2.45) is 4.99 Å². The predicted octanol–water partition coefficient (Wildman–Crippen LogP) is 2.69. The first-order chi connectivity index (χ1) is 14.5. The lowest BCUT2D eigenvalue weighted by molar-refractivity contribution is -0.119. The van der Waals surface area contributed by atoms with Crippen molar-refractivity contribution in [3.63, 3.8) is 0 Å². The topological polar surface area (TPSA) is 83.0 Å². The van der Waals surface area contributed by atoms with Crippen LogP contribution in [-0.2, 0) is 9.53 Å². The van der Waals surface area contributed by atoms with E-state index in [1.165, 1.54) is 17.9 Å². The van der Waals surface area contributed by atoms with E-state index in [0.29, 0.717) is 11.3 Å². The van der Waals surface area contributed by atoms with Gasteiger partial charge in [-0.05, 0) is 30.2 Å². The van der Waals surface area contributed by atoms with Gasteiger partial charge in [0, 0.05) is 31.1 Å². The lowest BCUT2D eigenvalue weighted by atomic mass is 10.0. The lowest BCUT2D eigenvalue weighted by Crippen LogP contribution is -2.33. The van der Waals surface area contributed by atoms with E-state index >= 15 is 0 Å². The van der Waals surface area contributed by atoms with Crippen LogP contribution in [0.5, 0.6) is 0 Å². The van der Waals surface area contributed by atoms with Crippen LogP contribution < -0.4 is 15.5 Å². The van der Waals surface area contributed by atoms with Gasteiger partial charge in [-0.15, -0.1) is 0 Å². The first kappa shape index (κ1) is 19.9. The van der Waals surface area contributed by atoms with Crippen LogP contribution >= 0.6 is 0 Å². The van der Waals surface area contributed by atoms with Crippen molar-refractivity contribution < 1.29 is 18.7 Å². The molecule has 156 valence electrons. The van der Waals surface area contributed by atoms with Crippen LogP contribution in [0.3, 0.4) is 0 Å². The van der Waals surface area contributed by atoms with Crippen molar-refractivity contribution >= 4 is 23.5 Å². The number of hydrogen-bond acceptors (Lipinski definition) is 5. The van der Waals surface area contributed by atoms with Crippen molar-refractivity contribution in [3.8, 4) is 11.1 Å². The Morgan fingerprint density at radius 1 is 1.27 bits per heavy atom. The summed E-state index contributed by atoms with van der Waals surface area (Å²) in [6.07, 6.45) is 0.00753. The van der Waals surface area contributed by atoms with Gasteiger partial charge in [0.1, 0.15) is 17.8 Å². The molecule has 0 radical (unpaired) electrons. The molecule has 2 N–H and O–H groups in total. The molecule has 0 saturated carbocycles. The number of hydrogen-bond donors (Lipinski definition) is 2. The largest absolute Gasteiger partial charge is 0.442 e. The van der Waals surface area contributed by atoms with Crippen LogP contribution in [0.4, 0.5) is 14.9 Å². The summed E-state index contributed by atoms with van der Waals surface area (Å²) in [5.41, 5.74) is 2.59. The maximum Gasteiger partial charge on any atom is 0.414 e. The zero-order valence-electron chi connectivity index (χ0n) is 16.7. The quantitative estimate of drug-likeness (QED) is 0.794. The standard InChI is InChI=1S/C22H23FN4O3/c1-14(28)26-12-18-13-27(22(29)30-18)17-7-8-19(20(23)11-17)15-3-5-16(6-4-15)21-24-9-2-10-25-21/h3-8,11,18H,2,9-10,12-13H2,1H3,(H,24,25)(H,26,28)/t18-/m0/s1. The maximum absolute atomic E-state index is 14.9. The number of benzene rings is 2. The van der Waals surface area contributed by atoms with E-state index in [0.717, 1.165) is 36.5 Å². The Morgan fingerprint density at radius 3 is 2.70 bits per heavy atom. The molecule has 0 bridgehead atoms. The highest BCUT2D eigenvalue weighted by Gasteiger charge is 2.32. The molecule has 0 unspecified atom stereocenters. The Hall–Kier alpha value is -3.42. The fourth-order valence-electron chi connectivity index (χ4n) is 3.54. The van der Waals surface area contributed by atoms with Gasteiger partial charge in [0.25, 0.3) is 0 Å². The van der Waals surface area contributed by atoms with E-state index in [1.54, 1.807) is 12.1 Å². The molecule has 1 fully saturated rings. The summed E-state index contributed by atoms with van der Waals surface area (Å²) in [6.45, 7) is 3.59. The monoisotopic (exact) mass is 410 g/mol. The summed E-state index contributed by atoms with van der Waals surface area (Å²) in [7, 11) is 0. The third-order valence-electron chi connectivity index (χ3n) is 5.08. The van der Waals surface area contributed by atoms with Crippen LogP contribution in [0.25, 0.3) is 11.1 Å². The van der Waals surface area contributed by atoms with Crippen molar-refractivity contribution in [1.82, 2.24) is 10.6 Å². The molecule has 1 saturated heterocycles. The summed E-state index contributed by atoms with van der Waals surface area (Å²) in [6, 6.07) is 12.2. The highest BCUT2D eigenvalue weighted by molar-refractivity contribution is 5.99. The number of anilines is 1. The number of cyclic esters (lactones) is 1. The number of rotatable bonds is 5. The predicted molar refractivity (Wildman–Crippen MR) is 112 cm³/mol. The van der Waals surface area contributed by atoms with E-state index in [4.69, 9.17) is 4.74 Å². The average Bonchev–Trinajstić information content (AvgIpc) is 3.13. The van der Waals surface area contributed by atoms with Crippen LogP contribution in [-0.4, -0.2) is 50.1 Å². The summed E-state index contributed by atoms with van der Waals surface area (Å²) in [4.78, 5) is 29.0. The molecule has 2 aromatic rings. The molecule has 0 aromatic heterocycles. The Kier molecular flexibility index (Phi) is 5.65. The molecule has 2 aliphatic rings. The number of halogens is 1. The molecular formula is C22H23FN4O3. The molecule has 30 heavy (non-hydrogen) atoms. The Bertz CT molecular complexity index is 990. The fraction of sp³-hybridized carbons (Fsp3) is 0.318. The van der Waals surface area contributed by atoms with Gasteiger partial charge in [-0.25, -0.2) is 9.18 Å². The highest BCUT2D eigenvalue weighted by atomic mass is 19.1. The second-order valence-electron chi connectivity index (χ2n) is 7.31. The molecule has 8 heteroatoms. The average molecular weight is 410 g/mol. The molecule has 0 spiro atoms. The number of carbonyl (C=O) groups excluding carboxylic acids is 2. The molecule has 2 amide bonds. The minimum atomic E-state index is -0.553. The number of nitrogens with zero attached hydrogens (tertiary/aromatic N) is 2. The van der Waals surface area contributed by atoms with Gasteiger partial charge in [0.2, 0.25) is 5.91 Å². The zero-order valence-corrected chi connectivity index (χ0v) is 16.7. The molecular weight excluding hydrogens is 387 g/mol. The molecule has 0 aliphatic carbocycles. The number of ether oxygens (including phenoxy) is 1. The van der Waals surface area contributed by atoms with Gasteiger partial charge in [-0.2, -0.15) is 0 Å². The van der Waals surface area contributed by atoms with Crippen LogP contribution in [0.2, 0.25) is 0 Å². The second kappa shape index (κ2) is 8.52. The van der Waals surface area contributed by atoms with Crippen molar-refractivity contribution in [3.05, 3.63) is 53.8 Å². The second-order valence-corrected chi connectivity index (χ2v) is 7.31. The van der Waals surface area contributed by atoms with Gasteiger partial charge in [0.05, 0.1) is 18.8 Å². The molecule has 2 heterocycles. The smallest absolute Gasteiger partial charge is 0.414 e. The Balaban J connectivity index is 1.49. The third-order valence-corrected chi connectivity index (χ3v) is 5.08. The van der Waals surface area contributed by atoms with Gasteiger partial charge in [-0.1, -0.05) is 24.3 Å². The van der Waals surface area contributed by atoms with E-state index < -0.39 is 18.0 Å². The van der Waals surface area contributed by atoms with E-state index in [2.05, 4.69) is 15.6 Å². The fourth-order valence-corrected chi connectivity index (χ4v) is 3.54. The molecule has 7 nitrogen and oxygen atoms in total. The molecule has 2 aromatic carbocycles. The zero-order chi connectivity index (χ0) is 21.1. The SMILES string of the molecule is CC(=O)NC[C@H]1CN(c2ccc(-c3ccc(C4=NCCCN4)cc3)c(F)c2)C(=O)O1. The summed E-state index contributed by atoms with van der Waals surface area (Å²) in [5, 5.41) is 5.89. The van der Waals surface area contributed by atoms with Crippen LogP contribution in [0, 0.1) is 5.82 Å². The van der Waals surface area contributed by atoms with Gasteiger partial charge < -0.3 is 15.4 Å². The van der Waals surface area contributed by atoms with Crippen LogP contribution in [0.15, 0.2) is 47.5 Å². The molecule has 4 rings (SSSR count). The van der Waals surface area contributed by atoms with Crippen molar-refractivity contribution in [2.45, 2.75) is 19.4 Å². The van der Waals surface area contributed by atoms with Crippen molar-refractivity contribution in [1.29, 1.82) is 0 Å². The Labute approximate surface area is 173 Å². The minimum Gasteiger partial charge on any atom is -0.442 e. The highest BCUT2D eigenvalue weighted by Crippen LogP contribution is 2.29. The molecule has 2 aliphatic heterocycles. The number of aliphatic imine (C=N–C) groups is 1. The van der Waals surface area contributed by atoms with Crippen LogP contribution in [0.1, 0.15) is 18.9 Å². The van der Waals surface area contributed by atoms with Gasteiger partial charge >= 0.3 is 6.09 Å². The summed E-state index contributed by atoms with van der Waals surface area (Å²) >= 11 is 0. The number of carbonyl (C=O) groups is 2. The van der Waals surface area contributed by atoms with Crippen molar-refractivity contribution in [2.75, 3.05) is 31.1 Å². The number of amides is 2. The van der Waals surface area contributed by atoms with E-state index in [9.17, 15) is 14.0 Å². The normalized spacial score (nSPS) is 18.5. The van der Waals surface area contributed by atoms with Gasteiger partial charge in [0.15, 0.2) is 0 Å². The summed E-state index contributed by atoms with van der Waals surface area (Å²) < 4.78 is 20.1. The lowest BCUT2D eigenvalue weighted by Gasteiger charge is -2.16. The first-order valence-corrected chi connectivity index (χ1v) is 9.92. The maximum atomic E-state index is 14.9. The summed E-state index contributed by atoms with van der Waals surface area (Å²) in [5.74, 6) is 0.244. The number of nitrogens with one attached hydrogen (secondary N) is 2. The van der Waals surface area contributed by atoms with E-state index in [-0.39, 0.29) is 19.0 Å².